The molecule has 1 aliphatic heterocycles. The molecule has 5 rings (SSSR count). The number of nitrogens with zero attached hydrogens (tertiary/aromatic N) is 3. The summed E-state index contributed by atoms with van der Waals surface area (Å²) in [6.45, 7) is 1.51. The van der Waals surface area contributed by atoms with E-state index in [2.05, 4.69) is 26.0 Å². The van der Waals surface area contributed by atoms with Crippen molar-refractivity contribution >= 4 is 16.9 Å². The smallest absolute Gasteiger partial charge is 0.228 e. The van der Waals surface area contributed by atoms with Gasteiger partial charge in [-0.25, -0.2) is 15.0 Å². The highest BCUT2D eigenvalue weighted by Crippen LogP contribution is 2.34. The molecule has 0 radical (unpaired) electrons. The fraction of sp³-hybridized carbons (Fsp3) is 0.217. The van der Waals surface area contributed by atoms with E-state index in [-0.39, 0.29) is 11.6 Å². The molecule has 150 valence electrons. The first-order valence-corrected chi connectivity index (χ1v) is 9.94. The zero-order valence-electron chi connectivity index (χ0n) is 16.2. The van der Waals surface area contributed by atoms with Crippen LogP contribution >= 0.6 is 0 Å². The summed E-state index contributed by atoms with van der Waals surface area (Å²) < 4.78 is 11.5. The van der Waals surface area contributed by atoms with Gasteiger partial charge in [-0.1, -0.05) is 6.07 Å². The van der Waals surface area contributed by atoms with Crippen LogP contribution in [0.2, 0.25) is 0 Å². The van der Waals surface area contributed by atoms with Gasteiger partial charge in [0.2, 0.25) is 11.7 Å². The lowest BCUT2D eigenvalue weighted by atomic mass is 9.92. The fourth-order valence-corrected chi connectivity index (χ4v) is 3.68. The molecular formula is C23H20N4O3. The zero-order valence-corrected chi connectivity index (χ0v) is 16.2. The van der Waals surface area contributed by atoms with Gasteiger partial charge in [-0.3, -0.25) is 4.79 Å². The van der Waals surface area contributed by atoms with Gasteiger partial charge >= 0.3 is 0 Å². The molecule has 0 atom stereocenters. The first-order chi connectivity index (χ1) is 14.8. The number of nitrogens with one attached hydrogen (secondary N) is 1. The lowest BCUT2D eigenvalue weighted by molar-refractivity contribution is 0.0848. The SMILES string of the molecule is O=C(c1ccc(Oc2ncccc2C2CCOCC2)cc1)c1nc2ncccc2[nH]1. The third kappa shape index (κ3) is 3.67. The van der Waals surface area contributed by atoms with Crippen LogP contribution in [0.3, 0.4) is 0 Å². The molecule has 1 saturated heterocycles. The number of rotatable bonds is 5. The summed E-state index contributed by atoms with van der Waals surface area (Å²) in [4.78, 5) is 28.6. The summed E-state index contributed by atoms with van der Waals surface area (Å²) in [6.07, 6.45) is 5.30. The normalized spacial score (nSPS) is 14.7. The Hall–Kier alpha value is -3.58. The van der Waals surface area contributed by atoms with Crippen LogP contribution in [0.25, 0.3) is 11.2 Å². The minimum Gasteiger partial charge on any atom is -0.439 e. The summed E-state index contributed by atoms with van der Waals surface area (Å²) >= 11 is 0. The maximum Gasteiger partial charge on any atom is 0.228 e. The molecule has 7 nitrogen and oxygen atoms in total. The van der Waals surface area contributed by atoms with Crippen LogP contribution < -0.4 is 4.74 Å². The zero-order chi connectivity index (χ0) is 20.3. The number of fused-ring (bicyclic) bond motifs is 1. The van der Waals surface area contributed by atoms with Crippen LogP contribution in [-0.4, -0.2) is 38.9 Å². The van der Waals surface area contributed by atoms with Crippen LogP contribution in [0.1, 0.15) is 40.5 Å². The molecule has 4 aromatic rings. The van der Waals surface area contributed by atoms with Crippen LogP contribution in [0.15, 0.2) is 60.9 Å². The maximum atomic E-state index is 12.8. The summed E-state index contributed by atoms with van der Waals surface area (Å²) in [5.74, 6) is 1.69. The second kappa shape index (κ2) is 8.04. The van der Waals surface area contributed by atoms with Gasteiger partial charge in [0.05, 0.1) is 5.52 Å². The predicted octanol–water partition coefficient (Wildman–Crippen LogP) is 4.27. The molecule has 7 heteroatoms. The van der Waals surface area contributed by atoms with Crippen molar-refractivity contribution in [1.82, 2.24) is 19.9 Å². The summed E-state index contributed by atoms with van der Waals surface area (Å²) in [7, 11) is 0. The fourth-order valence-electron chi connectivity index (χ4n) is 3.68. The number of H-pyrrole nitrogens is 1. The number of benzene rings is 1. The number of hydrogen-bond acceptors (Lipinski definition) is 6. The van der Waals surface area contributed by atoms with E-state index >= 15 is 0 Å². The van der Waals surface area contributed by atoms with Crippen LogP contribution in [0.5, 0.6) is 11.6 Å². The Morgan fingerprint density at radius 1 is 1.00 bits per heavy atom. The van der Waals surface area contributed by atoms with Crippen molar-refractivity contribution in [3.63, 3.8) is 0 Å². The second-order valence-electron chi connectivity index (χ2n) is 7.20. The minimum absolute atomic E-state index is 0.194. The van der Waals surface area contributed by atoms with Gasteiger partial charge in [0.1, 0.15) is 5.75 Å². The van der Waals surface area contributed by atoms with E-state index in [1.807, 2.05) is 12.1 Å². The van der Waals surface area contributed by atoms with E-state index in [0.717, 1.165) is 37.1 Å². The number of hydrogen-bond donors (Lipinski definition) is 1. The molecule has 0 unspecified atom stereocenters. The third-order valence-corrected chi connectivity index (χ3v) is 5.27. The van der Waals surface area contributed by atoms with Gasteiger partial charge in [0.25, 0.3) is 0 Å². The number of aromatic nitrogens is 4. The highest BCUT2D eigenvalue weighted by atomic mass is 16.5. The van der Waals surface area contributed by atoms with Gasteiger partial charge in [-0.2, -0.15) is 0 Å². The molecule has 0 amide bonds. The Balaban J connectivity index is 1.35. The second-order valence-corrected chi connectivity index (χ2v) is 7.20. The average Bonchev–Trinajstić information content (AvgIpc) is 3.24. The Kier molecular flexibility index (Phi) is 4.94. The quantitative estimate of drug-likeness (QED) is 0.503. The molecule has 4 heterocycles. The Morgan fingerprint density at radius 3 is 2.57 bits per heavy atom. The highest BCUT2D eigenvalue weighted by molar-refractivity contribution is 6.07. The van der Waals surface area contributed by atoms with Gasteiger partial charge in [-0.15, -0.1) is 0 Å². The molecule has 30 heavy (non-hydrogen) atoms. The largest absolute Gasteiger partial charge is 0.439 e. The predicted molar refractivity (Wildman–Crippen MR) is 111 cm³/mol. The van der Waals surface area contributed by atoms with Gasteiger partial charge in [0.15, 0.2) is 11.5 Å². The van der Waals surface area contributed by atoms with Crippen molar-refractivity contribution in [2.24, 2.45) is 0 Å². The van der Waals surface area contributed by atoms with E-state index in [4.69, 9.17) is 9.47 Å². The molecule has 0 spiro atoms. The van der Waals surface area contributed by atoms with Crippen molar-refractivity contribution in [2.75, 3.05) is 13.2 Å². The van der Waals surface area contributed by atoms with Crippen molar-refractivity contribution in [1.29, 1.82) is 0 Å². The van der Waals surface area contributed by atoms with E-state index in [0.29, 0.717) is 28.8 Å². The van der Waals surface area contributed by atoms with Crippen molar-refractivity contribution in [3.05, 3.63) is 77.9 Å². The average molecular weight is 400 g/mol. The number of pyridine rings is 2. The van der Waals surface area contributed by atoms with Gasteiger partial charge in [0, 0.05) is 36.7 Å². The standard InChI is InChI=1S/C23H20N4O3/c28-20(22-26-19-4-2-11-24-21(19)27-22)16-5-7-17(8-6-16)30-23-18(3-1-12-25-23)15-9-13-29-14-10-15/h1-8,11-12,15H,9-10,13-14H2,(H,24,26,27). The molecule has 1 fully saturated rings. The topological polar surface area (TPSA) is 90.0 Å². The van der Waals surface area contributed by atoms with E-state index < -0.39 is 0 Å². The molecule has 0 bridgehead atoms. The Morgan fingerprint density at radius 2 is 1.77 bits per heavy atom. The lowest BCUT2D eigenvalue weighted by Gasteiger charge is -2.23. The minimum atomic E-state index is -0.194. The lowest BCUT2D eigenvalue weighted by Crippen LogP contribution is -2.15. The van der Waals surface area contributed by atoms with Crippen molar-refractivity contribution < 1.29 is 14.3 Å². The number of ketones is 1. The highest BCUT2D eigenvalue weighted by Gasteiger charge is 2.21. The number of carbonyl (C=O) groups excluding carboxylic acids is 1. The molecule has 1 aromatic carbocycles. The van der Waals surface area contributed by atoms with Gasteiger partial charge < -0.3 is 14.5 Å². The first kappa shape index (κ1) is 18.4. The maximum absolute atomic E-state index is 12.8. The van der Waals surface area contributed by atoms with E-state index in [1.165, 1.54) is 0 Å². The molecule has 0 aliphatic carbocycles. The molecular weight excluding hydrogens is 380 g/mol. The van der Waals surface area contributed by atoms with Crippen molar-refractivity contribution in [2.45, 2.75) is 18.8 Å². The third-order valence-electron chi connectivity index (χ3n) is 5.27. The first-order valence-electron chi connectivity index (χ1n) is 9.94. The molecule has 1 N–H and O–H groups in total. The Labute approximate surface area is 173 Å². The van der Waals surface area contributed by atoms with Gasteiger partial charge in [-0.05, 0) is 61.2 Å². The van der Waals surface area contributed by atoms with Crippen LogP contribution in [-0.2, 0) is 4.74 Å². The number of aromatic amines is 1. The summed E-state index contributed by atoms with van der Waals surface area (Å²) in [5.41, 5.74) is 2.87. The molecule has 0 saturated carbocycles. The molecule has 3 aromatic heterocycles. The number of carbonyl (C=O) groups is 1. The van der Waals surface area contributed by atoms with Crippen LogP contribution in [0, 0.1) is 0 Å². The van der Waals surface area contributed by atoms with E-state index in [9.17, 15) is 4.79 Å². The monoisotopic (exact) mass is 400 g/mol. The Bertz CT molecular complexity index is 1150. The summed E-state index contributed by atoms with van der Waals surface area (Å²) in [6, 6.07) is 14.6. The molecule has 1 aliphatic rings. The van der Waals surface area contributed by atoms with Crippen molar-refractivity contribution in [3.8, 4) is 11.6 Å². The van der Waals surface area contributed by atoms with E-state index in [1.54, 1.807) is 42.7 Å². The summed E-state index contributed by atoms with van der Waals surface area (Å²) in [5, 5.41) is 0. The van der Waals surface area contributed by atoms with Crippen LogP contribution in [0.4, 0.5) is 0 Å². The number of imidazole rings is 1. The number of ether oxygens (including phenoxy) is 2.